The first-order valence-electron chi connectivity index (χ1n) is 16.8. The fraction of sp³-hybridized carbons (Fsp3) is 0.583. The van der Waals surface area contributed by atoms with Crippen LogP contribution in [0.2, 0.25) is 0 Å². The molecule has 0 aliphatic carbocycles. The van der Waals surface area contributed by atoms with E-state index < -0.39 is 0 Å². The number of nitrogens with one attached hydrogen (secondary N) is 1. The van der Waals surface area contributed by atoms with Crippen molar-refractivity contribution >= 4 is 18.2 Å². The molecule has 0 bridgehead atoms. The standard InChI is InChI=1S/C15H22N4O2.C14H26N4O.C7H7F/c1-11(21-15(2,3)4)18-13-5-6-19(9-13)14-16-7-12(10-20)8-17-14;1-6-17(5)11-7-9-18(10-8-11)13-15-12(16-19-13)14(2,3)4;1-6-2-4-7(8)5-3-6/h7-8,10,13,18H,1,5-6,9H2,2-4H3;11H,6-10H2,1-5H3;2-5H,1H3/t13-;;/m1../s1. The molecule has 12 heteroatoms. The zero-order chi connectivity index (χ0) is 35.5. The van der Waals surface area contributed by atoms with E-state index in [4.69, 9.17) is 9.26 Å². The number of hydrogen-bond acceptors (Lipinski definition) is 11. The first-order chi connectivity index (χ1) is 22.6. The van der Waals surface area contributed by atoms with E-state index >= 15 is 0 Å². The molecule has 1 atom stereocenters. The first kappa shape index (κ1) is 38.4. The minimum Gasteiger partial charge on any atom is -0.474 e. The lowest BCUT2D eigenvalue weighted by Gasteiger charge is -2.35. The summed E-state index contributed by atoms with van der Waals surface area (Å²) in [6.45, 7) is 25.1. The van der Waals surface area contributed by atoms with E-state index in [1.807, 2.05) is 27.7 Å². The fourth-order valence-electron chi connectivity index (χ4n) is 5.18. The van der Waals surface area contributed by atoms with E-state index in [1.54, 1.807) is 12.1 Å². The lowest BCUT2D eigenvalue weighted by Crippen LogP contribution is -2.43. The Hall–Kier alpha value is -4.06. The van der Waals surface area contributed by atoms with Crippen LogP contribution in [0.15, 0.2) is 53.6 Å². The van der Waals surface area contributed by atoms with Crippen molar-refractivity contribution in [2.24, 2.45) is 0 Å². The average molecular weight is 667 g/mol. The van der Waals surface area contributed by atoms with Crippen molar-refractivity contribution in [3.8, 4) is 0 Å². The van der Waals surface area contributed by atoms with Crippen molar-refractivity contribution in [3.63, 3.8) is 0 Å². The van der Waals surface area contributed by atoms with Gasteiger partial charge in [-0.2, -0.15) is 4.98 Å². The second-order valence-corrected chi connectivity index (χ2v) is 14.4. The second-order valence-electron chi connectivity index (χ2n) is 14.4. The maximum Gasteiger partial charge on any atom is 0.324 e. The van der Waals surface area contributed by atoms with E-state index in [-0.39, 0.29) is 22.9 Å². The average Bonchev–Trinajstić information content (AvgIpc) is 3.73. The smallest absolute Gasteiger partial charge is 0.324 e. The third kappa shape index (κ3) is 12.5. The number of carbonyl (C=O) groups is 1. The molecule has 2 aliphatic heterocycles. The van der Waals surface area contributed by atoms with Gasteiger partial charge in [-0.15, -0.1) is 0 Å². The highest BCUT2D eigenvalue weighted by Gasteiger charge is 2.28. The number of nitrogens with zero attached hydrogens (tertiary/aromatic N) is 7. The first-order valence-corrected chi connectivity index (χ1v) is 16.8. The molecule has 3 aromatic rings. The Balaban J connectivity index is 0.000000213. The Morgan fingerprint density at radius 1 is 1.06 bits per heavy atom. The van der Waals surface area contributed by atoms with Gasteiger partial charge in [-0.3, -0.25) is 4.79 Å². The molecule has 1 aromatic carbocycles. The monoisotopic (exact) mass is 666 g/mol. The number of aryl methyl sites for hydroxylation is 1. The molecular weight excluding hydrogens is 611 g/mol. The van der Waals surface area contributed by atoms with Gasteiger partial charge in [0.25, 0.3) is 0 Å². The molecule has 0 radical (unpaired) electrons. The van der Waals surface area contributed by atoms with E-state index in [2.05, 4.69) is 81.4 Å². The summed E-state index contributed by atoms with van der Waals surface area (Å²) >= 11 is 0. The highest BCUT2D eigenvalue weighted by atomic mass is 19.1. The fourth-order valence-corrected chi connectivity index (χ4v) is 5.18. The van der Waals surface area contributed by atoms with E-state index in [0.717, 1.165) is 69.7 Å². The van der Waals surface area contributed by atoms with E-state index in [0.29, 0.717) is 29.5 Å². The van der Waals surface area contributed by atoms with Gasteiger partial charge in [-0.05, 0) is 79.3 Å². The molecule has 4 heterocycles. The van der Waals surface area contributed by atoms with Crippen LogP contribution in [0, 0.1) is 12.7 Å². The van der Waals surface area contributed by atoms with Gasteiger partial charge < -0.3 is 29.3 Å². The highest BCUT2D eigenvalue weighted by molar-refractivity contribution is 5.73. The maximum atomic E-state index is 12.1. The number of anilines is 2. The third-order valence-corrected chi connectivity index (χ3v) is 8.01. The Bertz CT molecular complexity index is 1390. The SMILES string of the molecule is C=C(N[C@@H]1CCN(c2ncc(C=O)cn2)C1)OC(C)(C)C.CCN(C)C1CCN(c2nc(C(C)(C)C)no2)CC1.Cc1ccc(F)cc1. The van der Waals surface area contributed by atoms with Crippen LogP contribution in [0.25, 0.3) is 0 Å². The van der Waals surface area contributed by atoms with Gasteiger partial charge in [-0.25, -0.2) is 14.4 Å². The number of halogens is 1. The molecule has 2 saturated heterocycles. The quantitative estimate of drug-likeness (QED) is 0.220. The number of carbonyl (C=O) groups excluding carboxylic acids is 1. The van der Waals surface area contributed by atoms with Crippen molar-refractivity contribution < 1.29 is 18.4 Å². The Morgan fingerprint density at radius 3 is 2.17 bits per heavy atom. The van der Waals surface area contributed by atoms with E-state index in [1.165, 1.54) is 24.5 Å². The zero-order valence-corrected chi connectivity index (χ0v) is 30.3. The largest absolute Gasteiger partial charge is 0.474 e. The molecule has 2 fully saturated rings. The number of ether oxygens (including phenoxy) is 1. The van der Waals surface area contributed by atoms with E-state index in [9.17, 15) is 9.18 Å². The van der Waals surface area contributed by atoms with Crippen molar-refractivity contribution in [2.75, 3.05) is 49.6 Å². The number of benzene rings is 1. The van der Waals surface area contributed by atoms with Crippen LogP contribution in [-0.2, 0) is 10.2 Å². The maximum absolute atomic E-state index is 12.1. The van der Waals surface area contributed by atoms with Crippen molar-refractivity contribution in [1.82, 2.24) is 30.3 Å². The summed E-state index contributed by atoms with van der Waals surface area (Å²) in [5.41, 5.74) is 1.27. The third-order valence-electron chi connectivity index (χ3n) is 8.01. The number of aromatic nitrogens is 4. The minimum atomic E-state index is -0.254. The Labute approximate surface area is 286 Å². The molecule has 0 saturated carbocycles. The van der Waals surface area contributed by atoms with Crippen molar-refractivity contribution in [1.29, 1.82) is 0 Å². The lowest BCUT2D eigenvalue weighted by molar-refractivity contribution is 0.0390. The predicted molar refractivity (Wildman–Crippen MR) is 189 cm³/mol. The van der Waals surface area contributed by atoms with Crippen LogP contribution in [-0.4, -0.2) is 88.8 Å². The molecular formula is C36H55FN8O3. The van der Waals surface area contributed by atoms with Crippen LogP contribution in [0.4, 0.5) is 16.4 Å². The highest BCUT2D eigenvalue weighted by Crippen LogP contribution is 2.25. The van der Waals surface area contributed by atoms with Gasteiger partial charge in [0.2, 0.25) is 5.95 Å². The van der Waals surface area contributed by atoms with Gasteiger partial charge in [0.15, 0.2) is 18.0 Å². The summed E-state index contributed by atoms with van der Waals surface area (Å²) in [5.74, 6) is 1.85. The topological polar surface area (TPSA) is 113 Å². The van der Waals surface area contributed by atoms with Crippen molar-refractivity contribution in [3.05, 3.63) is 71.9 Å². The van der Waals surface area contributed by atoms with Crippen LogP contribution in [0.5, 0.6) is 0 Å². The summed E-state index contributed by atoms with van der Waals surface area (Å²) in [6.07, 6.45) is 7.11. The minimum absolute atomic E-state index is 0.0531. The summed E-state index contributed by atoms with van der Waals surface area (Å²) in [5, 5.41) is 7.38. The zero-order valence-electron chi connectivity index (χ0n) is 30.3. The van der Waals surface area contributed by atoms with Crippen LogP contribution in [0.1, 0.15) is 89.5 Å². The van der Waals surface area contributed by atoms with Gasteiger partial charge in [0.05, 0.1) is 5.56 Å². The van der Waals surface area contributed by atoms with Gasteiger partial charge in [0.1, 0.15) is 11.4 Å². The predicted octanol–water partition coefficient (Wildman–Crippen LogP) is 6.17. The summed E-state index contributed by atoms with van der Waals surface area (Å²) in [4.78, 5) is 30.3. The molecule has 264 valence electrons. The molecule has 5 rings (SSSR count). The molecule has 0 unspecified atom stereocenters. The molecule has 11 nitrogen and oxygen atoms in total. The summed E-state index contributed by atoms with van der Waals surface area (Å²) in [7, 11) is 2.20. The lowest BCUT2D eigenvalue weighted by atomic mass is 9.96. The number of hydrogen-bond donors (Lipinski definition) is 1. The summed E-state index contributed by atoms with van der Waals surface area (Å²) < 4.78 is 23.2. The molecule has 2 aromatic heterocycles. The van der Waals surface area contributed by atoms with Gasteiger partial charge in [0, 0.05) is 56.1 Å². The van der Waals surface area contributed by atoms with Crippen LogP contribution in [0.3, 0.4) is 0 Å². The second kappa shape index (κ2) is 17.4. The van der Waals surface area contributed by atoms with Crippen molar-refractivity contribution in [2.45, 2.75) is 97.8 Å². The molecule has 2 aliphatic rings. The molecule has 0 amide bonds. The molecule has 1 N–H and O–H groups in total. The summed E-state index contributed by atoms with van der Waals surface area (Å²) in [6, 6.07) is 8.03. The molecule has 0 spiro atoms. The van der Waals surface area contributed by atoms with Gasteiger partial charge >= 0.3 is 6.01 Å². The van der Waals surface area contributed by atoms with Gasteiger partial charge in [-0.1, -0.05) is 50.5 Å². The molecule has 48 heavy (non-hydrogen) atoms. The van der Waals surface area contributed by atoms with Crippen LogP contribution < -0.4 is 15.1 Å². The number of aldehydes is 1. The Morgan fingerprint density at radius 2 is 1.67 bits per heavy atom. The van der Waals surface area contributed by atoms with Crippen LogP contribution >= 0.6 is 0 Å². The normalized spacial score (nSPS) is 16.9. The number of piperidine rings is 1. The Kier molecular flexibility index (Phi) is 13.9. The number of rotatable bonds is 8.